The van der Waals surface area contributed by atoms with Crippen LogP contribution in [0.2, 0.25) is 0 Å². The molecule has 1 aliphatic rings. The Kier molecular flexibility index (Phi) is 1.20. The number of alkyl halides is 1. The molecule has 0 aromatic rings. The Morgan fingerprint density at radius 2 is 2.22 bits per heavy atom. The zero-order valence-corrected chi connectivity index (χ0v) is 4.80. The molecule has 4 heteroatoms. The molecule has 0 saturated heterocycles. The second-order valence-corrected chi connectivity index (χ2v) is 2.47. The largest absolute Gasteiger partial charge is 0.480 e. The molecular formula is C5H8FNO2. The van der Waals surface area contributed by atoms with E-state index in [1.54, 1.807) is 0 Å². The summed E-state index contributed by atoms with van der Waals surface area (Å²) in [6.45, 7) is 0. The van der Waals surface area contributed by atoms with Gasteiger partial charge in [-0.1, -0.05) is 0 Å². The summed E-state index contributed by atoms with van der Waals surface area (Å²) < 4.78 is 12.0. The third-order valence-corrected chi connectivity index (χ3v) is 1.60. The normalized spacial score (nSPS) is 41.8. The maximum absolute atomic E-state index is 12.0. The number of halogens is 1. The molecule has 0 heterocycles. The van der Waals surface area contributed by atoms with Crippen molar-refractivity contribution in [3.05, 3.63) is 0 Å². The summed E-state index contributed by atoms with van der Waals surface area (Å²) in [4.78, 5) is 10.2. The average Bonchev–Trinajstić information content (AvgIpc) is 1.62. The monoisotopic (exact) mass is 135 g/mol. The standard InChI is InChI=1S/C5H8FNO2/c6-3-1-5(7,2-3)4(8)9/h3H,1-2,7H2,(H,8,9)/t3-,5+/i5+2. The van der Waals surface area contributed by atoms with E-state index < -0.39 is 17.7 Å². The molecule has 0 unspecified atom stereocenters. The Hall–Kier alpha value is -0.640. The molecule has 0 radical (unpaired) electrons. The minimum absolute atomic E-state index is 0.0394. The van der Waals surface area contributed by atoms with Crippen molar-refractivity contribution in [1.29, 1.82) is 0 Å². The van der Waals surface area contributed by atoms with E-state index in [1.165, 1.54) is 0 Å². The number of nitrogens with two attached hydrogens (primary N) is 1. The van der Waals surface area contributed by atoms with Crippen LogP contribution in [0, 0.1) is 0 Å². The number of carboxylic acids is 1. The van der Waals surface area contributed by atoms with Crippen molar-refractivity contribution in [3.63, 3.8) is 0 Å². The average molecular weight is 135 g/mol. The third kappa shape index (κ3) is 0.896. The fourth-order valence-electron chi connectivity index (χ4n) is 0.905. The van der Waals surface area contributed by atoms with Crippen LogP contribution in [0.5, 0.6) is 0 Å². The Morgan fingerprint density at radius 1 is 1.78 bits per heavy atom. The highest BCUT2D eigenvalue weighted by molar-refractivity contribution is 5.79. The lowest BCUT2D eigenvalue weighted by Crippen LogP contribution is -2.58. The fraction of sp³-hybridized carbons (Fsp3) is 0.800. The minimum atomic E-state index is -1.26. The van der Waals surface area contributed by atoms with Gasteiger partial charge in [0.1, 0.15) is 11.7 Å². The molecule has 0 spiro atoms. The van der Waals surface area contributed by atoms with Crippen molar-refractivity contribution >= 4 is 5.97 Å². The lowest BCUT2D eigenvalue weighted by molar-refractivity contribution is -0.149. The molecule has 0 bridgehead atoms. The second-order valence-electron chi connectivity index (χ2n) is 2.47. The Bertz CT molecular complexity index is 142. The molecule has 1 aliphatic carbocycles. The zero-order valence-electron chi connectivity index (χ0n) is 4.80. The van der Waals surface area contributed by atoms with Gasteiger partial charge in [-0.3, -0.25) is 4.79 Å². The summed E-state index contributed by atoms with van der Waals surface area (Å²) in [7, 11) is 0. The molecule has 9 heavy (non-hydrogen) atoms. The van der Waals surface area contributed by atoms with Crippen LogP contribution in [0.3, 0.4) is 0 Å². The van der Waals surface area contributed by atoms with Crippen LogP contribution in [0.15, 0.2) is 0 Å². The summed E-state index contributed by atoms with van der Waals surface area (Å²) >= 11 is 0. The van der Waals surface area contributed by atoms with Gasteiger partial charge in [-0.05, 0) is 0 Å². The molecule has 1 rings (SSSR count). The summed E-state index contributed by atoms with van der Waals surface area (Å²) in [5.74, 6) is -1.10. The number of rotatable bonds is 1. The van der Waals surface area contributed by atoms with Gasteiger partial charge in [0, 0.05) is 12.8 Å². The first-order valence-electron chi connectivity index (χ1n) is 2.71. The van der Waals surface area contributed by atoms with Crippen molar-refractivity contribution in [2.24, 2.45) is 5.73 Å². The SMILES string of the molecule is N[14C@]1(C(=O)O)C[C@H](F)C1. The molecular weight excluding hydrogens is 127 g/mol. The Labute approximate surface area is 51.7 Å². The van der Waals surface area contributed by atoms with E-state index in [4.69, 9.17) is 10.8 Å². The van der Waals surface area contributed by atoms with Crippen LogP contribution >= 0.6 is 0 Å². The van der Waals surface area contributed by atoms with Crippen molar-refractivity contribution in [2.45, 2.75) is 24.6 Å². The molecule has 1 fully saturated rings. The maximum Gasteiger partial charge on any atom is 0.323 e. The number of carboxylic acid groups (broad SMARTS) is 1. The van der Waals surface area contributed by atoms with Gasteiger partial charge in [0.05, 0.1) is 0 Å². The van der Waals surface area contributed by atoms with E-state index in [1.807, 2.05) is 0 Å². The predicted octanol–water partition coefficient (Wildman–Crippen LogP) is -0.0996. The van der Waals surface area contributed by atoms with Gasteiger partial charge in [-0.2, -0.15) is 0 Å². The highest BCUT2D eigenvalue weighted by atomic mass is 19.1. The van der Waals surface area contributed by atoms with Gasteiger partial charge >= 0.3 is 5.97 Å². The predicted molar refractivity (Wildman–Crippen MR) is 28.7 cm³/mol. The van der Waals surface area contributed by atoms with Crippen LogP contribution in [0.4, 0.5) is 4.39 Å². The highest BCUT2D eigenvalue weighted by Gasteiger charge is 2.47. The zero-order chi connectivity index (χ0) is 7.07. The molecule has 0 atom stereocenters. The van der Waals surface area contributed by atoms with E-state index in [2.05, 4.69) is 0 Å². The summed E-state index contributed by atoms with van der Waals surface area (Å²) in [5.41, 5.74) is 3.93. The van der Waals surface area contributed by atoms with Crippen LogP contribution < -0.4 is 5.73 Å². The lowest BCUT2D eigenvalue weighted by atomic mass is 10.2. The fourth-order valence-corrected chi connectivity index (χ4v) is 0.905. The number of hydrogen-bond donors (Lipinski definition) is 2. The van der Waals surface area contributed by atoms with Crippen molar-refractivity contribution in [1.82, 2.24) is 0 Å². The van der Waals surface area contributed by atoms with E-state index in [0.29, 0.717) is 0 Å². The summed E-state index contributed by atoms with van der Waals surface area (Å²) in [6, 6.07) is 0. The first-order valence-corrected chi connectivity index (χ1v) is 2.71. The molecule has 0 amide bonds. The van der Waals surface area contributed by atoms with Crippen LogP contribution in [0.1, 0.15) is 12.8 Å². The van der Waals surface area contributed by atoms with Crippen LogP contribution in [0.25, 0.3) is 0 Å². The summed E-state index contributed by atoms with van der Waals surface area (Å²) in [5, 5.41) is 8.32. The van der Waals surface area contributed by atoms with E-state index in [0.717, 1.165) is 0 Å². The van der Waals surface area contributed by atoms with Crippen molar-refractivity contribution < 1.29 is 14.3 Å². The van der Waals surface area contributed by atoms with Gasteiger partial charge in [0.2, 0.25) is 0 Å². The molecule has 3 N–H and O–H groups in total. The van der Waals surface area contributed by atoms with Gasteiger partial charge in [-0.25, -0.2) is 4.39 Å². The minimum Gasteiger partial charge on any atom is -0.480 e. The van der Waals surface area contributed by atoms with E-state index in [9.17, 15) is 9.18 Å². The second kappa shape index (κ2) is 1.67. The maximum atomic E-state index is 12.0. The van der Waals surface area contributed by atoms with Gasteiger partial charge in [-0.15, -0.1) is 0 Å². The van der Waals surface area contributed by atoms with E-state index >= 15 is 0 Å². The topological polar surface area (TPSA) is 63.3 Å². The van der Waals surface area contributed by atoms with Crippen LogP contribution in [-0.2, 0) is 4.79 Å². The molecule has 0 aliphatic heterocycles. The van der Waals surface area contributed by atoms with Gasteiger partial charge < -0.3 is 10.8 Å². The van der Waals surface area contributed by atoms with Crippen molar-refractivity contribution in [2.75, 3.05) is 0 Å². The smallest absolute Gasteiger partial charge is 0.323 e. The lowest BCUT2D eigenvalue weighted by Gasteiger charge is -2.36. The first-order chi connectivity index (χ1) is 4.04. The van der Waals surface area contributed by atoms with E-state index in [-0.39, 0.29) is 12.8 Å². The molecule has 52 valence electrons. The first kappa shape index (κ1) is 6.48. The number of carbonyl (C=O) groups is 1. The Balaban J connectivity index is 2.50. The third-order valence-electron chi connectivity index (χ3n) is 1.60. The summed E-state index contributed by atoms with van der Waals surface area (Å²) in [6.07, 6.45) is -1.09. The Morgan fingerprint density at radius 3 is 2.33 bits per heavy atom. The molecule has 0 aromatic carbocycles. The molecule has 0 aromatic heterocycles. The van der Waals surface area contributed by atoms with Crippen LogP contribution in [-0.4, -0.2) is 22.8 Å². The molecule has 3 nitrogen and oxygen atoms in total. The van der Waals surface area contributed by atoms with Gasteiger partial charge in [0.25, 0.3) is 0 Å². The van der Waals surface area contributed by atoms with Gasteiger partial charge in [0.15, 0.2) is 0 Å². The number of aliphatic carboxylic acids is 1. The number of hydrogen-bond acceptors (Lipinski definition) is 2. The highest BCUT2D eigenvalue weighted by Crippen LogP contribution is 2.32. The molecule has 1 saturated carbocycles. The quantitative estimate of drug-likeness (QED) is 0.527. The van der Waals surface area contributed by atoms with Crippen molar-refractivity contribution in [3.8, 4) is 0 Å².